The Balaban J connectivity index is 1.01. The summed E-state index contributed by atoms with van der Waals surface area (Å²) in [5, 5.41) is 0. The normalized spacial score (nSPS) is 14.3. The number of hydrogen-bond acceptors (Lipinski definition) is 3. The number of para-hydroxylation sites is 6. The molecule has 0 radical (unpaired) electrons. The Kier molecular flexibility index (Phi) is 7.53. The summed E-state index contributed by atoms with van der Waals surface area (Å²) in [4.78, 5) is 2.48. The van der Waals surface area contributed by atoms with E-state index in [1.165, 1.54) is 55.6 Å². The van der Waals surface area contributed by atoms with Crippen LogP contribution in [0.4, 0.5) is 17.1 Å². The second-order valence-corrected chi connectivity index (χ2v) is 17.4. The van der Waals surface area contributed by atoms with Gasteiger partial charge in [0.05, 0.1) is 22.2 Å². The molecule has 304 valence electrons. The minimum atomic E-state index is -0.583. The van der Waals surface area contributed by atoms with E-state index in [0.29, 0.717) is 0 Å². The van der Waals surface area contributed by atoms with Crippen LogP contribution in [-0.2, 0) is 10.8 Å². The molecule has 3 heteroatoms. The second kappa shape index (κ2) is 13.6. The lowest BCUT2D eigenvalue weighted by atomic mass is 9.66. The van der Waals surface area contributed by atoms with Crippen LogP contribution in [0.25, 0.3) is 33.4 Å². The van der Waals surface area contributed by atoms with E-state index in [0.717, 1.165) is 62.3 Å². The average molecular weight is 830 g/mol. The molecular formula is C62H39NO2. The highest BCUT2D eigenvalue weighted by atomic mass is 16.5. The third kappa shape index (κ3) is 4.74. The molecule has 10 aromatic rings. The van der Waals surface area contributed by atoms with E-state index < -0.39 is 10.8 Å². The molecule has 0 saturated heterocycles. The van der Waals surface area contributed by atoms with Gasteiger partial charge >= 0.3 is 0 Å². The molecule has 0 N–H and O–H groups in total. The van der Waals surface area contributed by atoms with Crippen molar-refractivity contribution in [3.63, 3.8) is 0 Å². The molecule has 0 bridgehead atoms. The van der Waals surface area contributed by atoms with Crippen molar-refractivity contribution in [2.24, 2.45) is 0 Å². The third-order valence-electron chi connectivity index (χ3n) is 14.4. The zero-order valence-electron chi connectivity index (χ0n) is 35.3. The molecule has 0 fully saturated rings. The molecule has 2 aliphatic heterocycles. The minimum absolute atomic E-state index is 0.527. The van der Waals surface area contributed by atoms with Crippen molar-refractivity contribution in [2.45, 2.75) is 10.8 Å². The Morgan fingerprint density at radius 3 is 1.29 bits per heavy atom. The minimum Gasteiger partial charge on any atom is -0.457 e. The Morgan fingerprint density at radius 2 is 0.692 bits per heavy atom. The van der Waals surface area contributed by atoms with Crippen molar-refractivity contribution >= 4 is 17.1 Å². The Bertz CT molecular complexity index is 3500. The van der Waals surface area contributed by atoms with Crippen molar-refractivity contribution < 1.29 is 9.47 Å². The van der Waals surface area contributed by atoms with Gasteiger partial charge < -0.3 is 14.4 Å². The Labute approximate surface area is 378 Å². The first-order valence-corrected chi connectivity index (χ1v) is 22.4. The van der Waals surface area contributed by atoms with Crippen molar-refractivity contribution in [3.8, 4) is 56.4 Å². The topological polar surface area (TPSA) is 21.7 Å². The van der Waals surface area contributed by atoms with Crippen LogP contribution in [0.1, 0.15) is 44.5 Å². The van der Waals surface area contributed by atoms with Crippen molar-refractivity contribution in [1.82, 2.24) is 0 Å². The van der Waals surface area contributed by atoms with Crippen molar-refractivity contribution in [3.05, 3.63) is 281 Å². The van der Waals surface area contributed by atoms with Crippen LogP contribution in [-0.4, -0.2) is 0 Å². The van der Waals surface area contributed by atoms with Crippen LogP contribution in [0.3, 0.4) is 0 Å². The van der Waals surface area contributed by atoms with Crippen LogP contribution < -0.4 is 14.4 Å². The van der Waals surface area contributed by atoms with Crippen molar-refractivity contribution in [2.75, 3.05) is 4.90 Å². The second-order valence-electron chi connectivity index (χ2n) is 17.4. The monoisotopic (exact) mass is 829 g/mol. The van der Waals surface area contributed by atoms with Crippen LogP contribution >= 0.6 is 0 Å². The molecular weight excluding hydrogens is 791 g/mol. The molecule has 14 rings (SSSR count). The molecule has 0 aromatic heterocycles. The summed E-state index contributed by atoms with van der Waals surface area (Å²) in [7, 11) is 0. The average Bonchev–Trinajstić information content (AvgIpc) is 3.83. The third-order valence-corrected chi connectivity index (χ3v) is 14.4. The number of benzene rings is 10. The number of ether oxygens (including phenoxy) is 2. The summed E-state index contributed by atoms with van der Waals surface area (Å²) in [5.41, 5.74) is 19.1. The molecule has 10 aromatic carbocycles. The van der Waals surface area contributed by atoms with Gasteiger partial charge in [-0.1, -0.05) is 182 Å². The highest BCUT2D eigenvalue weighted by molar-refractivity contribution is 6.01. The highest BCUT2D eigenvalue weighted by Gasteiger charge is 2.53. The SMILES string of the molecule is c1ccc(N(c2ccccc2-c2ccc3c(c2)-c2ccccc2C32c3ccccc3Oc3ccccc32)c2cccc3c2-c2ccccc2C32c3ccccc3Oc3ccccc32)cc1. The van der Waals surface area contributed by atoms with Crippen LogP contribution in [0.5, 0.6) is 23.0 Å². The molecule has 2 heterocycles. The quantitative estimate of drug-likeness (QED) is 0.176. The number of rotatable bonds is 4. The summed E-state index contributed by atoms with van der Waals surface area (Å²) in [5.74, 6) is 3.57. The van der Waals surface area contributed by atoms with E-state index in [4.69, 9.17) is 9.47 Å². The number of anilines is 3. The molecule has 4 aliphatic rings. The van der Waals surface area contributed by atoms with Gasteiger partial charge in [0.15, 0.2) is 0 Å². The molecule has 0 amide bonds. The lowest BCUT2D eigenvalue weighted by Crippen LogP contribution is -2.32. The standard InChI is InChI=1S/C62H39NO2/c1-2-19-41(20-3-1)63(55-32-18-30-53-60(55)44-23-5-8-25-47(44)62(53)51-28-11-16-35-58(51)65-59-36-17-12-29-52(59)62)54-31-13-6-21-42(54)40-37-38-48-45(39-40)43-22-4-7-24-46(43)61(48)49-26-9-14-33-56(49)64-57-34-15-10-27-50(57)61/h1-39H. The summed E-state index contributed by atoms with van der Waals surface area (Å²) in [6.07, 6.45) is 0. The first-order chi connectivity index (χ1) is 32.3. The maximum Gasteiger partial charge on any atom is 0.132 e. The van der Waals surface area contributed by atoms with Crippen molar-refractivity contribution in [1.29, 1.82) is 0 Å². The smallest absolute Gasteiger partial charge is 0.132 e. The van der Waals surface area contributed by atoms with E-state index in [-0.39, 0.29) is 0 Å². The largest absolute Gasteiger partial charge is 0.457 e. The summed E-state index contributed by atoms with van der Waals surface area (Å²) >= 11 is 0. The molecule has 2 spiro atoms. The van der Waals surface area contributed by atoms with Crippen LogP contribution in [0, 0.1) is 0 Å². The van der Waals surface area contributed by atoms with Crippen LogP contribution in [0.15, 0.2) is 237 Å². The Hall–Kier alpha value is -8.40. The lowest BCUT2D eigenvalue weighted by Gasteiger charge is -2.39. The molecule has 0 atom stereocenters. The van der Waals surface area contributed by atoms with Gasteiger partial charge in [0.2, 0.25) is 0 Å². The fourth-order valence-electron chi connectivity index (χ4n) is 12.0. The number of fused-ring (bicyclic) bond motifs is 18. The summed E-state index contributed by atoms with van der Waals surface area (Å²) in [6, 6.07) is 86.1. The van der Waals surface area contributed by atoms with Gasteiger partial charge in [-0.05, 0) is 99.1 Å². The summed E-state index contributed by atoms with van der Waals surface area (Å²) < 4.78 is 13.3. The maximum absolute atomic E-state index is 6.68. The highest BCUT2D eigenvalue weighted by Crippen LogP contribution is 2.65. The number of hydrogen-bond donors (Lipinski definition) is 0. The molecule has 3 nitrogen and oxygen atoms in total. The number of nitrogens with zero attached hydrogens (tertiary/aromatic N) is 1. The van der Waals surface area contributed by atoms with E-state index in [2.05, 4.69) is 241 Å². The van der Waals surface area contributed by atoms with Crippen LogP contribution in [0.2, 0.25) is 0 Å². The van der Waals surface area contributed by atoms with E-state index >= 15 is 0 Å². The maximum atomic E-state index is 6.68. The first-order valence-electron chi connectivity index (χ1n) is 22.4. The predicted octanol–water partition coefficient (Wildman–Crippen LogP) is 15.8. The molecule has 2 aliphatic carbocycles. The van der Waals surface area contributed by atoms with Gasteiger partial charge in [-0.25, -0.2) is 0 Å². The first kappa shape index (κ1) is 36.1. The fraction of sp³-hybridized carbons (Fsp3) is 0.0323. The zero-order valence-corrected chi connectivity index (χ0v) is 35.3. The van der Waals surface area contributed by atoms with E-state index in [1.54, 1.807) is 0 Å². The zero-order chi connectivity index (χ0) is 42.7. The van der Waals surface area contributed by atoms with E-state index in [1.807, 2.05) is 0 Å². The van der Waals surface area contributed by atoms with Gasteiger partial charge in [0.1, 0.15) is 23.0 Å². The molecule has 65 heavy (non-hydrogen) atoms. The van der Waals surface area contributed by atoms with E-state index in [9.17, 15) is 0 Å². The van der Waals surface area contributed by atoms with Gasteiger partial charge in [0, 0.05) is 39.1 Å². The fourth-order valence-corrected chi connectivity index (χ4v) is 12.0. The Morgan fingerprint density at radius 1 is 0.277 bits per heavy atom. The van der Waals surface area contributed by atoms with Gasteiger partial charge in [-0.15, -0.1) is 0 Å². The lowest BCUT2D eigenvalue weighted by molar-refractivity contribution is 0.436. The molecule has 0 saturated carbocycles. The van der Waals surface area contributed by atoms with Gasteiger partial charge in [-0.2, -0.15) is 0 Å². The van der Waals surface area contributed by atoms with Gasteiger partial charge in [-0.3, -0.25) is 0 Å². The van der Waals surface area contributed by atoms with Gasteiger partial charge in [0.25, 0.3) is 0 Å². The predicted molar refractivity (Wildman–Crippen MR) is 261 cm³/mol. The molecule has 0 unspecified atom stereocenters. The summed E-state index contributed by atoms with van der Waals surface area (Å²) in [6.45, 7) is 0.